The molecule has 0 aromatic heterocycles. The van der Waals surface area contributed by atoms with E-state index in [0.717, 1.165) is 30.8 Å². The normalized spacial score (nSPS) is 17.2. The van der Waals surface area contributed by atoms with E-state index < -0.39 is 10.0 Å². The van der Waals surface area contributed by atoms with Crippen molar-refractivity contribution in [2.24, 2.45) is 5.92 Å². The molecular formula is C22H26ClNO4S. The molecule has 0 N–H and O–H groups in total. The van der Waals surface area contributed by atoms with Crippen LogP contribution in [0.4, 0.5) is 0 Å². The molecule has 0 amide bonds. The van der Waals surface area contributed by atoms with Crippen LogP contribution in [0, 0.1) is 5.92 Å². The Kier molecular flexibility index (Phi) is 6.04. The molecule has 0 heterocycles. The quantitative estimate of drug-likeness (QED) is 0.563. The summed E-state index contributed by atoms with van der Waals surface area (Å²) in [5, 5.41) is 0.369. The van der Waals surface area contributed by atoms with Crippen LogP contribution in [-0.2, 0) is 16.6 Å². The lowest BCUT2D eigenvalue weighted by Gasteiger charge is -2.25. The van der Waals surface area contributed by atoms with Crippen LogP contribution in [-0.4, -0.2) is 32.5 Å². The number of halogens is 1. The zero-order valence-electron chi connectivity index (χ0n) is 16.5. The lowest BCUT2D eigenvalue weighted by molar-refractivity contribution is 0.180. The molecule has 0 atom stereocenters. The van der Waals surface area contributed by atoms with Crippen molar-refractivity contribution in [3.05, 3.63) is 53.1 Å². The van der Waals surface area contributed by atoms with Gasteiger partial charge in [0.1, 0.15) is 16.4 Å². The molecular weight excluding hydrogens is 410 g/mol. The van der Waals surface area contributed by atoms with Crippen molar-refractivity contribution in [2.45, 2.75) is 49.6 Å². The molecule has 2 aromatic carbocycles. The third-order valence-corrected chi connectivity index (χ3v) is 7.79. The highest BCUT2D eigenvalue weighted by Gasteiger charge is 2.39. The summed E-state index contributed by atoms with van der Waals surface area (Å²) in [6.07, 6.45) is 5.53. The maximum atomic E-state index is 13.4. The van der Waals surface area contributed by atoms with Gasteiger partial charge in [-0.2, -0.15) is 4.31 Å². The number of benzene rings is 2. The zero-order chi connectivity index (χ0) is 20.4. The predicted octanol–water partition coefficient (Wildman–Crippen LogP) is 4.88. The van der Waals surface area contributed by atoms with Gasteiger partial charge in [-0.15, -0.1) is 0 Å². The Morgan fingerprint density at radius 1 is 1.07 bits per heavy atom. The summed E-state index contributed by atoms with van der Waals surface area (Å²) in [4.78, 5) is 0.111. The summed E-state index contributed by atoms with van der Waals surface area (Å²) in [5.74, 6) is 1.82. The van der Waals surface area contributed by atoms with Crippen LogP contribution in [0.3, 0.4) is 0 Å². The van der Waals surface area contributed by atoms with Crippen LogP contribution in [0.2, 0.25) is 5.02 Å². The molecule has 7 heteroatoms. The Morgan fingerprint density at radius 2 is 1.79 bits per heavy atom. The van der Waals surface area contributed by atoms with E-state index in [4.69, 9.17) is 21.1 Å². The van der Waals surface area contributed by atoms with Crippen LogP contribution < -0.4 is 9.47 Å². The van der Waals surface area contributed by atoms with E-state index in [2.05, 4.69) is 0 Å². The first-order chi connectivity index (χ1) is 14.0. The third kappa shape index (κ3) is 4.71. The molecule has 0 radical (unpaired) electrons. The number of hydrogen-bond acceptors (Lipinski definition) is 4. The summed E-state index contributed by atoms with van der Waals surface area (Å²) >= 11 is 6.07. The largest absolute Gasteiger partial charge is 0.495 e. The summed E-state index contributed by atoms with van der Waals surface area (Å²) in [6.45, 7) is 1.07. The van der Waals surface area contributed by atoms with Crippen LogP contribution in [0.5, 0.6) is 11.5 Å². The molecule has 0 bridgehead atoms. The maximum Gasteiger partial charge on any atom is 0.247 e. The molecule has 2 aliphatic carbocycles. The monoisotopic (exact) mass is 435 g/mol. The molecule has 0 saturated heterocycles. The summed E-state index contributed by atoms with van der Waals surface area (Å²) in [7, 11) is -2.27. The van der Waals surface area contributed by atoms with Gasteiger partial charge < -0.3 is 9.47 Å². The molecule has 0 aliphatic heterocycles. The van der Waals surface area contributed by atoms with Gasteiger partial charge in [-0.05, 0) is 67.5 Å². The number of methoxy groups -OCH3 is 1. The van der Waals surface area contributed by atoms with E-state index >= 15 is 0 Å². The highest BCUT2D eigenvalue weighted by atomic mass is 35.5. The summed E-state index contributed by atoms with van der Waals surface area (Å²) in [5.41, 5.74) is 0.928. The second-order valence-corrected chi connectivity index (χ2v) is 10.1. The molecule has 0 spiro atoms. The predicted molar refractivity (Wildman–Crippen MR) is 113 cm³/mol. The van der Waals surface area contributed by atoms with Crippen LogP contribution in [0.15, 0.2) is 47.4 Å². The van der Waals surface area contributed by atoms with Crippen molar-refractivity contribution in [3.8, 4) is 11.5 Å². The molecule has 5 nitrogen and oxygen atoms in total. The lowest BCUT2D eigenvalue weighted by atomic mass is 9.86. The fraction of sp³-hybridized carbons (Fsp3) is 0.455. The van der Waals surface area contributed by atoms with Gasteiger partial charge in [0.05, 0.1) is 13.7 Å². The smallest absolute Gasteiger partial charge is 0.247 e. The molecule has 0 unspecified atom stereocenters. The van der Waals surface area contributed by atoms with Gasteiger partial charge in [-0.25, -0.2) is 8.42 Å². The highest BCUT2D eigenvalue weighted by Crippen LogP contribution is 2.37. The van der Waals surface area contributed by atoms with Crippen molar-refractivity contribution in [1.82, 2.24) is 4.31 Å². The second-order valence-electron chi connectivity index (χ2n) is 7.83. The van der Waals surface area contributed by atoms with Crippen molar-refractivity contribution < 1.29 is 17.9 Å². The molecule has 2 fully saturated rings. The van der Waals surface area contributed by atoms with E-state index in [1.807, 2.05) is 24.3 Å². The van der Waals surface area contributed by atoms with Gasteiger partial charge in [-0.1, -0.05) is 30.2 Å². The topological polar surface area (TPSA) is 55.8 Å². The van der Waals surface area contributed by atoms with Gasteiger partial charge in [0.25, 0.3) is 0 Å². The van der Waals surface area contributed by atoms with Gasteiger partial charge in [0.15, 0.2) is 0 Å². The van der Waals surface area contributed by atoms with Crippen LogP contribution in [0.25, 0.3) is 0 Å². The van der Waals surface area contributed by atoms with E-state index in [1.54, 1.807) is 16.4 Å². The van der Waals surface area contributed by atoms with Crippen molar-refractivity contribution in [3.63, 3.8) is 0 Å². The fourth-order valence-corrected chi connectivity index (χ4v) is 5.59. The highest BCUT2D eigenvalue weighted by molar-refractivity contribution is 7.89. The molecule has 156 valence electrons. The van der Waals surface area contributed by atoms with Gasteiger partial charge >= 0.3 is 0 Å². The van der Waals surface area contributed by atoms with E-state index in [9.17, 15) is 8.42 Å². The number of rotatable bonds is 9. The summed E-state index contributed by atoms with van der Waals surface area (Å²) in [6, 6.07) is 12.4. The first-order valence-electron chi connectivity index (χ1n) is 10.0. The van der Waals surface area contributed by atoms with Crippen molar-refractivity contribution in [2.75, 3.05) is 13.7 Å². The Hall–Kier alpha value is -1.76. The Labute approximate surface area is 177 Å². The average Bonchev–Trinajstić information content (AvgIpc) is 3.51. The maximum absolute atomic E-state index is 13.4. The minimum Gasteiger partial charge on any atom is -0.495 e. The van der Waals surface area contributed by atoms with E-state index in [1.165, 1.54) is 32.4 Å². The van der Waals surface area contributed by atoms with Gasteiger partial charge in [0, 0.05) is 17.6 Å². The van der Waals surface area contributed by atoms with Crippen LogP contribution >= 0.6 is 11.6 Å². The number of ether oxygens (including phenoxy) is 2. The molecule has 2 aliphatic rings. The number of sulfonamides is 1. The third-order valence-electron chi connectivity index (χ3n) is 5.64. The molecule has 2 aromatic rings. The average molecular weight is 436 g/mol. The Bertz CT molecular complexity index is 953. The standard InChI is InChI=1S/C22H26ClNO4S/c1-27-21-12-7-18(23)13-22(21)29(25,26)24(19-8-9-19)14-16-5-10-20(11-6-16)28-15-17-3-2-4-17/h5-7,10-13,17,19H,2-4,8-9,14-15H2,1H3. The summed E-state index contributed by atoms with van der Waals surface area (Å²) < 4.78 is 39.5. The zero-order valence-corrected chi connectivity index (χ0v) is 18.1. The van der Waals surface area contributed by atoms with Gasteiger partial charge in [-0.3, -0.25) is 0 Å². The Balaban J connectivity index is 1.51. The Morgan fingerprint density at radius 3 is 2.38 bits per heavy atom. The van der Waals surface area contributed by atoms with E-state index in [0.29, 0.717) is 23.2 Å². The molecule has 2 saturated carbocycles. The minimum atomic E-state index is -3.74. The first kappa shape index (κ1) is 20.5. The fourth-order valence-electron chi connectivity index (χ4n) is 3.50. The first-order valence-corrected chi connectivity index (χ1v) is 11.9. The SMILES string of the molecule is COc1ccc(Cl)cc1S(=O)(=O)N(Cc1ccc(OCC2CCC2)cc1)C1CC1. The van der Waals surface area contributed by atoms with Crippen LogP contribution in [0.1, 0.15) is 37.7 Å². The van der Waals surface area contributed by atoms with E-state index in [-0.39, 0.29) is 10.9 Å². The van der Waals surface area contributed by atoms with Gasteiger partial charge in [0.2, 0.25) is 10.0 Å². The lowest BCUT2D eigenvalue weighted by Crippen LogP contribution is -2.33. The number of hydrogen-bond donors (Lipinski definition) is 0. The minimum absolute atomic E-state index is 0.0123. The van der Waals surface area contributed by atoms with Crippen molar-refractivity contribution in [1.29, 1.82) is 0 Å². The number of nitrogens with zero attached hydrogens (tertiary/aromatic N) is 1. The molecule has 29 heavy (non-hydrogen) atoms. The molecule has 4 rings (SSSR count). The second kappa shape index (κ2) is 8.54. The van der Waals surface area contributed by atoms with Crippen molar-refractivity contribution >= 4 is 21.6 Å².